The van der Waals surface area contributed by atoms with E-state index in [1.54, 1.807) is 12.1 Å². The molecular formula is C14H11N3O5. The molecule has 0 heterocycles. The highest BCUT2D eigenvalue weighted by Gasteiger charge is 2.15. The lowest BCUT2D eigenvalue weighted by atomic mass is 10.2. The van der Waals surface area contributed by atoms with Crippen LogP contribution in [0.5, 0.6) is 11.5 Å². The van der Waals surface area contributed by atoms with Gasteiger partial charge < -0.3 is 10.2 Å². The molecule has 0 saturated heterocycles. The summed E-state index contributed by atoms with van der Waals surface area (Å²) in [5.74, 6) is -1.40. The molecule has 0 aromatic heterocycles. The summed E-state index contributed by atoms with van der Waals surface area (Å²) < 4.78 is 0. The third-order valence-corrected chi connectivity index (χ3v) is 2.76. The lowest BCUT2D eigenvalue weighted by Gasteiger charge is -2.02. The molecule has 0 aliphatic carbocycles. The van der Waals surface area contributed by atoms with E-state index in [0.29, 0.717) is 0 Å². The number of nitro groups is 1. The van der Waals surface area contributed by atoms with Gasteiger partial charge in [-0.1, -0.05) is 18.2 Å². The Kier molecular flexibility index (Phi) is 4.33. The molecule has 22 heavy (non-hydrogen) atoms. The van der Waals surface area contributed by atoms with E-state index in [9.17, 15) is 25.1 Å². The molecule has 0 saturated carbocycles. The fraction of sp³-hybridized carbons (Fsp3) is 0. The number of hydrogen-bond donors (Lipinski definition) is 3. The fourth-order valence-electron chi connectivity index (χ4n) is 1.69. The minimum absolute atomic E-state index is 0.0305. The summed E-state index contributed by atoms with van der Waals surface area (Å²) in [5, 5.41) is 33.5. The SMILES string of the molecule is O=C(NN=Cc1cccc([N+](=O)[O-])c1O)c1ccccc1O. The molecule has 8 nitrogen and oxygen atoms in total. The van der Waals surface area contributed by atoms with Crippen molar-refractivity contribution < 1.29 is 19.9 Å². The van der Waals surface area contributed by atoms with Gasteiger partial charge in [-0.25, -0.2) is 5.43 Å². The summed E-state index contributed by atoms with van der Waals surface area (Å²) in [5.41, 5.74) is 1.80. The van der Waals surface area contributed by atoms with Gasteiger partial charge in [0.05, 0.1) is 16.7 Å². The predicted octanol–water partition coefficient (Wildman–Crippen LogP) is 1.77. The fourth-order valence-corrected chi connectivity index (χ4v) is 1.69. The van der Waals surface area contributed by atoms with Crippen molar-refractivity contribution in [1.82, 2.24) is 5.43 Å². The van der Waals surface area contributed by atoms with Crippen molar-refractivity contribution in [3.63, 3.8) is 0 Å². The van der Waals surface area contributed by atoms with Gasteiger partial charge in [0.15, 0.2) is 0 Å². The van der Waals surface area contributed by atoms with Crippen molar-refractivity contribution in [2.45, 2.75) is 0 Å². The van der Waals surface area contributed by atoms with E-state index in [-0.39, 0.29) is 16.9 Å². The molecule has 3 N–H and O–H groups in total. The van der Waals surface area contributed by atoms with Crippen molar-refractivity contribution in [1.29, 1.82) is 0 Å². The molecule has 8 heteroatoms. The molecule has 0 aliphatic heterocycles. The Morgan fingerprint density at radius 3 is 2.59 bits per heavy atom. The third-order valence-electron chi connectivity index (χ3n) is 2.76. The molecule has 0 bridgehead atoms. The number of aromatic hydroxyl groups is 2. The van der Waals surface area contributed by atoms with Crippen LogP contribution in [0.15, 0.2) is 47.6 Å². The summed E-state index contributed by atoms with van der Waals surface area (Å²) >= 11 is 0. The Morgan fingerprint density at radius 2 is 1.91 bits per heavy atom. The van der Waals surface area contributed by atoms with Crippen LogP contribution in [0.4, 0.5) is 5.69 Å². The maximum absolute atomic E-state index is 11.8. The summed E-state index contributed by atoms with van der Waals surface area (Å²) in [4.78, 5) is 21.7. The van der Waals surface area contributed by atoms with Crippen molar-refractivity contribution >= 4 is 17.8 Å². The topological polar surface area (TPSA) is 125 Å². The first kappa shape index (κ1) is 15.0. The third kappa shape index (κ3) is 3.18. The Bertz CT molecular complexity index is 758. The van der Waals surface area contributed by atoms with Crippen LogP contribution >= 0.6 is 0 Å². The summed E-state index contributed by atoms with van der Waals surface area (Å²) in [7, 11) is 0. The van der Waals surface area contributed by atoms with Gasteiger partial charge in [0.2, 0.25) is 5.75 Å². The first-order valence-corrected chi connectivity index (χ1v) is 6.08. The van der Waals surface area contributed by atoms with Crippen LogP contribution in [0.3, 0.4) is 0 Å². The van der Waals surface area contributed by atoms with Gasteiger partial charge in [0.25, 0.3) is 5.91 Å². The smallest absolute Gasteiger partial charge is 0.311 e. The lowest BCUT2D eigenvalue weighted by Crippen LogP contribution is -2.17. The minimum atomic E-state index is -0.729. The number of amides is 1. The van der Waals surface area contributed by atoms with Crippen LogP contribution in [-0.4, -0.2) is 27.3 Å². The Morgan fingerprint density at radius 1 is 1.18 bits per heavy atom. The Labute approximate surface area is 124 Å². The van der Waals surface area contributed by atoms with Gasteiger partial charge in [-0.15, -0.1) is 0 Å². The molecule has 2 rings (SSSR count). The maximum Gasteiger partial charge on any atom is 0.311 e. The Balaban J connectivity index is 2.14. The van der Waals surface area contributed by atoms with E-state index in [2.05, 4.69) is 10.5 Å². The van der Waals surface area contributed by atoms with E-state index >= 15 is 0 Å². The van der Waals surface area contributed by atoms with E-state index in [1.165, 1.54) is 24.3 Å². The average Bonchev–Trinajstić information content (AvgIpc) is 2.49. The quantitative estimate of drug-likeness (QED) is 0.451. The monoisotopic (exact) mass is 301 g/mol. The highest BCUT2D eigenvalue weighted by molar-refractivity contribution is 5.97. The molecule has 0 atom stereocenters. The number of nitrogens with one attached hydrogen (secondary N) is 1. The highest BCUT2D eigenvalue weighted by Crippen LogP contribution is 2.27. The van der Waals surface area contributed by atoms with Gasteiger partial charge in [0, 0.05) is 11.6 Å². The van der Waals surface area contributed by atoms with Crippen molar-refractivity contribution in [2.24, 2.45) is 5.10 Å². The number of hydrogen-bond acceptors (Lipinski definition) is 6. The zero-order valence-electron chi connectivity index (χ0n) is 11.1. The molecule has 2 aromatic carbocycles. The molecule has 0 radical (unpaired) electrons. The van der Waals surface area contributed by atoms with Gasteiger partial charge in [0.1, 0.15) is 5.75 Å². The highest BCUT2D eigenvalue weighted by atomic mass is 16.6. The molecule has 0 spiro atoms. The van der Waals surface area contributed by atoms with Crippen LogP contribution in [0.1, 0.15) is 15.9 Å². The van der Waals surface area contributed by atoms with Gasteiger partial charge in [-0.2, -0.15) is 5.10 Å². The number of benzene rings is 2. The molecule has 1 amide bonds. The van der Waals surface area contributed by atoms with Crippen molar-refractivity contribution in [3.8, 4) is 11.5 Å². The van der Waals surface area contributed by atoms with Crippen LogP contribution < -0.4 is 5.43 Å². The second kappa shape index (κ2) is 6.35. The summed E-state index contributed by atoms with van der Waals surface area (Å²) in [6.45, 7) is 0. The number of para-hydroxylation sites is 2. The van der Waals surface area contributed by atoms with Crippen LogP contribution in [0.2, 0.25) is 0 Å². The normalized spacial score (nSPS) is 10.5. The second-order valence-corrected chi connectivity index (χ2v) is 4.19. The summed E-state index contributed by atoms with van der Waals surface area (Å²) in [6.07, 6.45) is 1.07. The van der Waals surface area contributed by atoms with Crippen LogP contribution in [-0.2, 0) is 0 Å². The number of hydrazone groups is 1. The molecule has 2 aromatic rings. The number of nitro benzene ring substituents is 1. The zero-order chi connectivity index (χ0) is 16.1. The molecular weight excluding hydrogens is 290 g/mol. The number of rotatable bonds is 4. The predicted molar refractivity (Wildman–Crippen MR) is 77.9 cm³/mol. The number of phenolic OH excluding ortho intramolecular Hbond substituents is 2. The molecule has 0 fully saturated rings. The van der Waals surface area contributed by atoms with E-state index < -0.39 is 22.3 Å². The molecule has 112 valence electrons. The minimum Gasteiger partial charge on any atom is -0.507 e. The maximum atomic E-state index is 11.8. The van der Waals surface area contributed by atoms with Gasteiger partial charge in [-0.3, -0.25) is 14.9 Å². The van der Waals surface area contributed by atoms with E-state index in [1.807, 2.05) is 0 Å². The van der Waals surface area contributed by atoms with E-state index in [0.717, 1.165) is 12.3 Å². The van der Waals surface area contributed by atoms with Crippen molar-refractivity contribution in [2.75, 3.05) is 0 Å². The molecule has 0 aliphatic rings. The molecule has 0 unspecified atom stereocenters. The van der Waals surface area contributed by atoms with Crippen LogP contribution in [0, 0.1) is 10.1 Å². The largest absolute Gasteiger partial charge is 0.507 e. The first-order valence-electron chi connectivity index (χ1n) is 6.08. The number of carbonyl (C=O) groups is 1. The second-order valence-electron chi connectivity index (χ2n) is 4.19. The number of nitrogens with zero attached hydrogens (tertiary/aromatic N) is 2. The van der Waals surface area contributed by atoms with Gasteiger partial charge >= 0.3 is 5.69 Å². The average molecular weight is 301 g/mol. The summed E-state index contributed by atoms with van der Waals surface area (Å²) in [6, 6.07) is 9.83. The Hall–Kier alpha value is -3.42. The van der Waals surface area contributed by atoms with Crippen LogP contribution in [0.25, 0.3) is 0 Å². The van der Waals surface area contributed by atoms with E-state index in [4.69, 9.17) is 0 Å². The lowest BCUT2D eigenvalue weighted by molar-refractivity contribution is -0.385. The van der Waals surface area contributed by atoms with Crippen molar-refractivity contribution in [3.05, 3.63) is 63.7 Å². The standard InChI is InChI=1S/C14H11N3O5/c18-12-7-2-1-5-10(12)14(20)16-15-8-9-4-3-6-11(13(9)19)17(21)22/h1-8,18-19H,(H,16,20). The number of carbonyl (C=O) groups excluding carboxylic acids is 1. The van der Waals surface area contributed by atoms with Gasteiger partial charge in [-0.05, 0) is 18.2 Å². The first-order chi connectivity index (χ1) is 10.5. The number of phenols is 2. The zero-order valence-corrected chi connectivity index (χ0v) is 11.1.